The van der Waals surface area contributed by atoms with Gasteiger partial charge in [-0.05, 0) is 30.5 Å². The highest BCUT2D eigenvalue weighted by Gasteiger charge is 2.34. The monoisotopic (exact) mass is 364 g/mol. The van der Waals surface area contributed by atoms with Crippen LogP contribution in [0.15, 0.2) is 48.7 Å². The summed E-state index contributed by atoms with van der Waals surface area (Å²) < 4.78 is 0. The standard InChI is InChI=1S/C21H24N4O2/c26-20-12-17(15-25(20)14-16-6-2-1-3-7-16)21(27)23-18-8-9-19(22-13-18)24-10-4-5-11-24/h1-3,6-9,13,17H,4-5,10-12,14-15H2,(H,23,27). The minimum Gasteiger partial charge on any atom is -0.357 e. The molecule has 1 aromatic heterocycles. The fourth-order valence-electron chi connectivity index (χ4n) is 3.74. The van der Waals surface area contributed by atoms with Crippen LogP contribution in [-0.4, -0.2) is 41.3 Å². The molecule has 0 bridgehead atoms. The first-order chi connectivity index (χ1) is 13.2. The van der Waals surface area contributed by atoms with Crippen molar-refractivity contribution in [3.63, 3.8) is 0 Å². The third-order valence-corrected chi connectivity index (χ3v) is 5.25. The molecule has 0 radical (unpaired) electrons. The second kappa shape index (κ2) is 7.78. The summed E-state index contributed by atoms with van der Waals surface area (Å²) in [5, 5.41) is 2.91. The molecule has 27 heavy (non-hydrogen) atoms. The van der Waals surface area contributed by atoms with Crippen LogP contribution in [0.3, 0.4) is 0 Å². The Kier molecular flexibility index (Phi) is 5.05. The van der Waals surface area contributed by atoms with Crippen molar-refractivity contribution < 1.29 is 9.59 Å². The van der Waals surface area contributed by atoms with E-state index in [1.54, 1.807) is 11.1 Å². The van der Waals surface area contributed by atoms with Crippen LogP contribution >= 0.6 is 0 Å². The molecule has 0 saturated carbocycles. The highest BCUT2D eigenvalue weighted by atomic mass is 16.2. The number of aromatic nitrogens is 1. The maximum atomic E-state index is 12.6. The van der Waals surface area contributed by atoms with E-state index < -0.39 is 0 Å². The van der Waals surface area contributed by atoms with E-state index in [4.69, 9.17) is 0 Å². The number of likely N-dealkylation sites (tertiary alicyclic amines) is 1. The lowest BCUT2D eigenvalue weighted by Gasteiger charge is -2.17. The molecule has 2 aliphatic rings. The fraction of sp³-hybridized carbons (Fsp3) is 0.381. The van der Waals surface area contributed by atoms with Gasteiger partial charge in [0, 0.05) is 32.6 Å². The molecule has 3 heterocycles. The zero-order valence-corrected chi connectivity index (χ0v) is 15.3. The van der Waals surface area contributed by atoms with Gasteiger partial charge in [0.15, 0.2) is 0 Å². The lowest BCUT2D eigenvalue weighted by atomic mass is 10.1. The topological polar surface area (TPSA) is 65.5 Å². The number of hydrogen-bond acceptors (Lipinski definition) is 4. The third kappa shape index (κ3) is 4.10. The van der Waals surface area contributed by atoms with Crippen molar-refractivity contribution in [3.8, 4) is 0 Å². The minimum absolute atomic E-state index is 0.0292. The van der Waals surface area contributed by atoms with Gasteiger partial charge in [0.25, 0.3) is 0 Å². The molecular weight excluding hydrogens is 340 g/mol. The molecule has 1 unspecified atom stereocenters. The Labute approximate surface area is 159 Å². The quantitative estimate of drug-likeness (QED) is 0.886. The molecule has 1 atom stereocenters. The molecular formula is C21H24N4O2. The number of rotatable bonds is 5. The third-order valence-electron chi connectivity index (χ3n) is 5.25. The Balaban J connectivity index is 1.33. The average Bonchev–Trinajstić information content (AvgIpc) is 3.34. The van der Waals surface area contributed by atoms with Crippen molar-refractivity contribution in [1.29, 1.82) is 0 Å². The van der Waals surface area contributed by atoms with Gasteiger partial charge in [-0.15, -0.1) is 0 Å². The second-order valence-corrected chi connectivity index (χ2v) is 7.25. The summed E-state index contributed by atoms with van der Waals surface area (Å²) in [5.41, 5.74) is 1.76. The van der Waals surface area contributed by atoms with Crippen molar-refractivity contribution in [3.05, 3.63) is 54.2 Å². The summed E-state index contributed by atoms with van der Waals surface area (Å²) in [7, 11) is 0. The molecule has 2 saturated heterocycles. The van der Waals surface area contributed by atoms with E-state index in [2.05, 4.69) is 15.2 Å². The van der Waals surface area contributed by atoms with Crippen LogP contribution in [0.4, 0.5) is 11.5 Å². The maximum absolute atomic E-state index is 12.6. The van der Waals surface area contributed by atoms with Gasteiger partial charge >= 0.3 is 0 Å². The summed E-state index contributed by atoms with van der Waals surface area (Å²) in [6, 6.07) is 13.7. The van der Waals surface area contributed by atoms with Crippen LogP contribution in [0.5, 0.6) is 0 Å². The molecule has 2 aliphatic heterocycles. The van der Waals surface area contributed by atoms with Crippen molar-refractivity contribution in [1.82, 2.24) is 9.88 Å². The number of carbonyl (C=O) groups excluding carboxylic acids is 2. The van der Waals surface area contributed by atoms with E-state index in [1.165, 1.54) is 12.8 Å². The number of nitrogens with zero attached hydrogens (tertiary/aromatic N) is 3. The van der Waals surface area contributed by atoms with Gasteiger partial charge in [-0.1, -0.05) is 30.3 Å². The van der Waals surface area contributed by atoms with E-state index in [-0.39, 0.29) is 24.2 Å². The maximum Gasteiger partial charge on any atom is 0.229 e. The summed E-state index contributed by atoms with van der Waals surface area (Å²) >= 11 is 0. The second-order valence-electron chi connectivity index (χ2n) is 7.25. The highest BCUT2D eigenvalue weighted by molar-refractivity contribution is 5.97. The Hall–Kier alpha value is -2.89. The number of benzene rings is 1. The lowest BCUT2D eigenvalue weighted by Crippen LogP contribution is -2.28. The zero-order chi connectivity index (χ0) is 18.6. The molecule has 140 valence electrons. The van der Waals surface area contributed by atoms with E-state index >= 15 is 0 Å². The first kappa shape index (κ1) is 17.5. The SMILES string of the molecule is O=C(Nc1ccc(N2CCCC2)nc1)C1CC(=O)N(Cc2ccccc2)C1. The molecule has 6 nitrogen and oxygen atoms in total. The number of amides is 2. The largest absolute Gasteiger partial charge is 0.357 e. The number of nitrogens with one attached hydrogen (secondary N) is 1. The molecule has 4 rings (SSSR count). The first-order valence-corrected chi connectivity index (χ1v) is 9.52. The Morgan fingerprint density at radius 2 is 1.89 bits per heavy atom. The normalized spacial score (nSPS) is 19.6. The van der Waals surface area contributed by atoms with Crippen LogP contribution in [-0.2, 0) is 16.1 Å². The highest BCUT2D eigenvalue weighted by Crippen LogP contribution is 2.23. The lowest BCUT2D eigenvalue weighted by molar-refractivity contribution is -0.128. The molecule has 1 N–H and O–H groups in total. The summed E-state index contributed by atoms with van der Waals surface area (Å²) in [6.07, 6.45) is 4.37. The van der Waals surface area contributed by atoms with E-state index in [0.29, 0.717) is 18.8 Å². The first-order valence-electron chi connectivity index (χ1n) is 9.52. The summed E-state index contributed by atoms with van der Waals surface area (Å²) in [4.78, 5) is 33.3. The van der Waals surface area contributed by atoms with Gasteiger partial charge in [0.05, 0.1) is 17.8 Å². The molecule has 0 spiro atoms. The number of carbonyl (C=O) groups is 2. The predicted octanol–water partition coefficient (Wildman–Crippen LogP) is 2.67. The minimum atomic E-state index is -0.320. The van der Waals surface area contributed by atoms with E-state index in [9.17, 15) is 9.59 Å². The molecule has 1 aromatic carbocycles. The van der Waals surface area contributed by atoms with Crippen LogP contribution in [0, 0.1) is 5.92 Å². The fourth-order valence-corrected chi connectivity index (χ4v) is 3.74. The van der Waals surface area contributed by atoms with Crippen LogP contribution < -0.4 is 10.2 Å². The molecule has 2 amide bonds. The molecule has 0 aliphatic carbocycles. The van der Waals surface area contributed by atoms with Crippen LogP contribution in [0.2, 0.25) is 0 Å². The number of hydrogen-bond donors (Lipinski definition) is 1. The molecule has 2 aromatic rings. The Bertz CT molecular complexity index is 801. The van der Waals surface area contributed by atoms with Gasteiger partial charge in [-0.2, -0.15) is 0 Å². The summed E-state index contributed by atoms with van der Waals surface area (Å²) in [5.74, 6) is 0.547. The van der Waals surface area contributed by atoms with Crippen molar-refractivity contribution >= 4 is 23.3 Å². The van der Waals surface area contributed by atoms with Crippen molar-refractivity contribution in [2.24, 2.45) is 5.92 Å². The molecule has 6 heteroatoms. The average molecular weight is 364 g/mol. The zero-order valence-electron chi connectivity index (χ0n) is 15.3. The van der Waals surface area contributed by atoms with E-state index in [0.717, 1.165) is 24.5 Å². The predicted molar refractivity (Wildman–Crippen MR) is 104 cm³/mol. The van der Waals surface area contributed by atoms with Gasteiger partial charge in [0.2, 0.25) is 11.8 Å². The Morgan fingerprint density at radius 1 is 1.11 bits per heavy atom. The number of pyridine rings is 1. The smallest absolute Gasteiger partial charge is 0.229 e. The van der Waals surface area contributed by atoms with Crippen molar-refractivity contribution in [2.45, 2.75) is 25.8 Å². The van der Waals surface area contributed by atoms with Gasteiger partial charge < -0.3 is 15.1 Å². The summed E-state index contributed by atoms with van der Waals surface area (Å²) in [6.45, 7) is 3.09. The molecule has 2 fully saturated rings. The van der Waals surface area contributed by atoms with Crippen LogP contribution in [0.1, 0.15) is 24.8 Å². The van der Waals surface area contributed by atoms with Gasteiger partial charge in [0.1, 0.15) is 5.82 Å². The van der Waals surface area contributed by atoms with E-state index in [1.807, 2.05) is 42.5 Å². The Morgan fingerprint density at radius 3 is 2.59 bits per heavy atom. The van der Waals surface area contributed by atoms with Gasteiger partial charge in [-0.3, -0.25) is 9.59 Å². The van der Waals surface area contributed by atoms with Crippen molar-refractivity contribution in [2.75, 3.05) is 29.9 Å². The van der Waals surface area contributed by atoms with Crippen LogP contribution in [0.25, 0.3) is 0 Å². The van der Waals surface area contributed by atoms with Gasteiger partial charge in [-0.25, -0.2) is 4.98 Å². The number of anilines is 2.